The van der Waals surface area contributed by atoms with Gasteiger partial charge in [-0.1, -0.05) is 17.7 Å². The van der Waals surface area contributed by atoms with Crippen LogP contribution in [0.25, 0.3) is 22.0 Å². The highest BCUT2D eigenvalue weighted by atomic mass is 16.5. The van der Waals surface area contributed by atoms with E-state index in [1.54, 1.807) is 25.4 Å². The van der Waals surface area contributed by atoms with E-state index in [1.807, 2.05) is 17.2 Å². The van der Waals surface area contributed by atoms with E-state index < -0.39 is 0 Å². The first-order chi connectivity index (χ1) is 15.6. The van der Waals surface area contributed by atoms with Crippen LogP contribution in [-0.2, 0) is 11.3 Å². The molecule has 1 aliphatic rings. The van der Waals surface area contributed by atoms with E-state index in [0.29, 0.717) is 24.7 Å². The fourth-order valence-corrected chi connectivity index (χ4v) is 4.72. The summed E-state index contributed by atoms with van der Waals surface area (Å²) in [7, 11) is 1.61. The average molecular weight is 430 g/mol. The Hall–Kier alpha value is -3.38. The van der Waals surface area contributed by atoms with Crippen LogP contribution in [0.5, 0.6) is 0 Å². The number of methoxy groups -OCH3 is 1. The minimum absolute atomic E-state index is 0.0630. The van der Waals surface area contributed by atoms with Gasteiger partial charge in [0.2, 0.25) is 0 Å². The van der Waals surface area contributed by atoms with Gasteiger partial charge < -0.3 is 19.0 Å². The molecule has 6 heteroatoms. The fraction of sp³-hybridized carbons (Fsp3) is 0.308. The third-order valence-electron chi connectivity index (χ3n) is 6.21. The maximum Gasteiger partial charge on any atom is 0.289 e. The van der Waals surface area contributed by atoms with Gasteiger partial charge in [-0.25, -0.2) is 0 Å². The third kappa shape index (κ3) is 3.82. The number of amides is 1. The van der Waals surface area contributed by atoms with Gasteiger partial charge >= 0.3 is 0 Å². The van der Waals surface area contributed by atoms with Crippen LogP contribution in [0.2, 0.25) is 0 Å². The van der Waals surface area contributed by atoms with Crippen LogP contribution in [0, 0.1) is 6.92 Å². The number of nitrogens with one attached hydrogen (secondary N) is 1. The van der Waals surface area contributed by atoms with Crippen molar-refractivity contribution in [2.75, 3.05) is 20.2 Å². The predicted molar refractivity (Wildman–Crippen MR) is 124 cm³/mol. The molecular formula is C26H27N3O3. The lowest BCUT2D eigenvalue weighted by atomic mass is 9.89. The normalized spacial score (nSPS) is 16.6. The number of aromatic nitrogens is 2. The molecule has 4 heterocycles. The predicted octanol–water partition coefficient (Wildman–Crippen LogP) is 5.30. The zero-order chi connectivity index (χ0) is 22.1. The van der Waals surface area contributed by atoms with Crippen molar-refractivity contribution in [3.8, 4) is 11.1 Å². The molecule has 1 amide bonds. The summed E-state index contributed by atoms with van der Waals surface area (Å²) >= 11 is 0. The monoisotopic (exact) mass is 429 g/mol. The Morgan fingerprint density at radius 1 is 1.28 bits per heavy atom. The quantitative estimate of drug-likeness (QED) is 0.467. The van der Waals surface area contributed by atoms with Gasteiger partial charge in [0, 0.05) is 66.2 Å². The summed E-state index contributed by atoms with van der Waals surface area (Å²) in [5.41, 5.74) is 5.80. The first-order valence-corrected chi connectivity index (χ1v) is 11.0. The maximum absolute atomic E-state index is 13.1. The molecule has 0 bridgehead atoms. The van der Waals surface area contributed by atoms with E-state index in [9.17, 15) is 4.79 Å². The summed E-state index contributed by atoms with van der Waals surface area (Å²) in [6, 6.07) is 14.1. The van der Waals surface area contributed by atoms with Crippen molar-refractivity contribution in [2.45, 2.75) is 32.3 Å². The van der Waals surface area contributed by atoms with E-state index in [4.69, 9.17) is 9.15 Å². The van der Waals surface area contributed by atoms with Gasteiger partial charge in [-0.2, -0.15) is 0 Å². The maximum atomic E-state index is 13.1. The number of benzene rings is 1. The minimum atomic E-state index is -0.0630. The zero-order valence-corrected chi connectivity index (χ0v) is 18.4. The van der Waals surface area contributed by atoms with Gasteiger partial charge in [0.15, 0.2) is 5.76 Å². The highest BCUT2D eigenvalue weighted by Gasteiger charge is 2.30. The number of ether oxygens (including phenoxy) is 1. The third-order valence-corrected chi connectivity index (χ3v) is 6.21. The van der Waals surface area contributed by atoms with Crippen molar-refractivity contribution < 1.29 is 13.9 Å². The molecule has 5 rings (SSSR count). The molecule has 32 heavy (non-hydrogen) atoms. The van der Waals surface area contributed by atoms with Crippen molar-refractivity contribution in [1.82, 2.24) is 14.9 Å². The number of rotatable bonds is 5. The Morgan fingerprint density at radius 2 is 2.19 bits per heavy atom. The van der Waals surface area contributed by atoms with E-state index in [-0.39, 0.29) is 11.8 Å². The summed E-state index contributed by atoms with van der Waals surface area (Å²) < 4.78 is 10.8. The second-order valence-electron chi connectivity index (χ2n) is 8.49. The van der Waals surface area contributed by atoms with E-state index in [2.05, 4.69) is 41.2 Å². The SMILES string of the molecule is COCc1ccc(C(=O)N2CCCC(c3[nH]c4ccc(C)cc4c3-c3cccnc3)C2)o1. The van der Waals surface area contributed by atoms with Crippen LogP contribution in [0.15, 0.2) is 59.3 Å². The molecule has 0 spiro atoms. The van der Waals surface area contributed by atoms with Gasteiger partial charge in [0.05, 0.1) is 0 Å². The number of fused-ring (bicyclic) bond motifs is 1. The van der Waals surface area contributed by atoms with Crippen LogP contribution >= 0.6 is 0 Å². The number of aromatic amines is 1. The van der Waals surface area contributed by atoms with Crippen molar-refractivity contribution in [3.05, 3.63) is 77.6 Å². The second-order valence-corrected chi connectivity index (χ2v) is 8.49. The van der Waals surface area contributed by atoms with Crippen molar-refractivity contribution in [3.63, 3.8) is 0 Å². The average Bonchev–Trinajstić information content (AvgIpc) is 3.44. The minimum Gasteiger partial charge on any atom is -0.453 e. The lowest BCUT2D eigenvalue weighted by Gasteiger charge is -2.32. The van der Waals surface area contributed by atoms with Gasteiger partial charge in [-0.15, -0.1) is 0 Å². The number of carbonyl (C=O) groups is 1. The van der Waals surface area contributed by atoms with Crippen LogP contribution in [0.1, 0.15) is 46.3 Å². The Labute approximate surface area is 187 Å². The van der Waals surface area contributed by atoms with Gasteiger partial charge in [-0.3, -0.25) is 9.78 Å². The molecule has 1 aromatic carbocycles. The number of aryl methyl sites for hydroxylation is 1. The Bertz CT molecular complexity index is 1240. The van der Waals surface area contributed by atoms with Crippen LogP contribution < -0.4 is 0 Å². The molecule has 164 valence electrons. The number of hydrogen-bond donors (Lipinski definition) is 1. The van der Waals surface area contributed by atoms with Crippen molar-refractivity contribution in [1.29, 1.82) is 0 Å². The molecule has 1 saturated heterocycles. The molecule has 0 radical (unpaired) electrons. The number of likely N-dealkylation sites (tertiary alicyclic amines) is 1. The molecule has 1 atom stereocenters. The van der Waals surface area contributed by atoms with E-state index in [0.717, 1.165) is 30.5 Å². The van der Waals surface area contributed by atoms with Crippen molar-refractivity contribution in [2.24, 2.45) is 0 Å². The molecule has 1 N–H and O–H groups in total. The molecule has 0 aliphatic carbocycles. The standard InChI is InChI=1S/C26H27N3O3/c1-17-7-9-22-21(13-17)24(18-5-3-11-27-14-18)25(28-22)19-6-4-12-29(15-19)26(30)23-10-8-20(32-23)16-31-2/h3,5,7-11,13-14,19,28H,4,6,12,15-16H2,1-2H3. The molecule has 3 aromatic heterocycles. The highest BCUT2D eigenvalue weighted by Crippen LogP contribution is 2.39. The fourth-order valence-electron chi connectivity index (χ4n) is 4.72. The summed E-state index contributed by atoms with van der Waals surface area (Å²) in [5, 5.41) is 1.20. The molecule has 1 aliphatic heterocycles. The largest absolute Gasteiger partial charge is 0.453 e. The summed E-state index contributed by atoms with van der Waals surface area (Å²) in [5.74, 6) is 1.18. The van der Waals surface area contributed by atoms with Gasteiger partial charge in [-0.05, 0) is 50.1 Å². The highest BCUT2D eigenvalue weighted by molar-refractivity contribution is 5.98. The topological polar surface area (TPSA) is 71.4 Å². The van der Waals surface area contributed by atoms with Crippen LogP contribution in [0.4, 0.5) is 0 Å². The summed E-state index contributed by atoms with van der Waals surface area (Å²) in [4.78, 5) is 23.1. The first-order valence-electron chi connectivity index (χ1n) is 11.0. The summed E-state index contributed by atoms with van der Waals surface area (Å²) in [6.45, 7) is 3.86. The zero-order valence-electron chi connectivity index (χ0n) is 18.4. The first kappa shape index (κ1) is 20.5. The van der Waals surface area contributed by atoms with Crippen molar-refractivity contribution >= 4 is 16.8 Å². The summed E-state index contributed by atoms with van der Waals surface area (Å²) in [6.07, 6.45) is 5.69. The molecule has 6 nitrogen and oxygen atoms in total. The number of pyridine rings is 1. The molecule has 1 unspecified atom stereocenters. The number of piperidine rings is 1. The number of hydrogen-bond acceptors (Lipinski definition) is 4. The lowest BCUT2D eigenvalue weighted by molar-refractivity contribution is 0.0666. The molecular weight excluding hydrogens is 402 g/mol. The Morgan fingerprint density at radius 3 is 3.00 bits per heavy atom. The van der Waals surface area contributed by atoms with E-state index in [1.165, 1.54) is 22.2 Å². The molecule has 1 fully saturated rings. The van der Waals surface area contributed by atoms with Gasteiger partial charge in [0.1, 0.15) is 12.4 Å². The lowest BCUT2D eigenvalue weighted by Crippen LogP contribution is -2.39. The molecule has 4 aromatic rings. The smallest absolute Gasteiger partial charge is 0.289 e. The second kappa shape index (κ2) is 8.63. The van der Waals surface area contributed by atoms with Gasteiger partial charge in [0.25, 0.3) is 5.91 Å². The van der Waals surface area contributed by atoms with Crippen LogP contribution in [-0.4, -0.2) is 41.0 Å². The number of carbonyl (C=O) groups excluding carboxylic acids is 1. The van der Waals surface area contributed by atoms with E-state index >= 15 is 0 Å². The number of H-pyrrole nitrogens is 1. The number of nitrogens with zero attached hydrogens (tertiary/aromatic N) is 2. The van der Waals surface area contributed by atoms with Crippen LogP contribution in [0.3, 0.4) is 0 Å². The molecule has 0 saturated carbocycles. The number of furan rings is 1. The Balaban J connectivity index is 1.49. The Kier molecular flexibility index (Phi) is 5.53.